The third-order valence-electron chi connectivity index (χ3n) is 8.06. The van der Waals surface area contributed by atoms with Crippen molar-refractivity contribution in [2.45, 2.75) is 75.4 Å². The summed E-state index contributed by atoms with van der Waals surface area (Å²) in [7, 11) is 0. The van der Waals surface area contributed by atoms with Crippen LogP contribution in [-0.4, -0.2) is 116 Å². The van der Waals surface area contributed by atoms with Crippen molar-refractivity contribution in [3.8, 4) is 5.75 Å². The molecule has 244 valence electrons. The van der Waals surface area contributed by atoms with Gasteiger partial charge in [-0.05, 0) is 41.7 Å². The topological polar surface area (TPSA) is 222 Å². The van der Waals surface area contributed by atoms with E-state index in [0.717, 1.165) is 6.08 Å². The zero-order chi connectivity index (χ0) is 32.2. The summed E-state index contributed by atoms with van der Waals surface area (Å²) < 4.78 is 27.9. The number of aromatic hydroxyl groups is 1. The van der Waals surface area contributed by atoms with Gasteiger partial charge in [0.2, 0.25) is 6.29 Å². The number of hydrogen-bond acceptors (Lipinski definition) is 14. The highest BCUT2D eigenvalue weighted by molar-refractivity contribution is 5.87. The molecular weight excluding hydrogens is 584 g/mol. The molecule has 2 heterocycles. The van der Waals surface area contributed by atoms with Gasteiger partial charge >= 0.3 is 11.9 Å². The summed E-state index contributed by atoms with van der Waals surface area (Å²) in [5, 5.41) is 71.5. The number of rotatable bonds is 11. The lowest BCUT2D eigenvalue weighted by atomic mass is 9.80. The van der Waals surface area contributed by atoms with Crippen LogP contribution in [0, 0.1) is 17.8 Å². The van der Waals surface area contributed by atoms with Crippen LogP contribution in [-0.2, 0) is 33.3 Å². The Morgan fingerprint density at radius 1 is 1.05 bits per heavy atom. The Morgan fingerprint density at radius 3 is 2.39 bits per heavy atom. The molecule has 44 heavy (non-hydrogen) atoms. The molecule has 0 amide bonds. The van der Waals surface area contributed by atoms with E-state index in [9.17, 15) is 45.3 Å². The lowest BCUT2D eigenvalue weighted by molar-refractivity contribution is -0.299. The second-order valence-corrected chi connectivity index (χ2v) is 11.7. The van der Waals surface area contributed by atoms with Gasteiger partial charge in [-0.25, -0.2) is 4.79 Å². The van der Waals surface area contributed by atoms with E-state index in [1.54, 1.807) is 12.1 Å². The molecule has 2 fully saturated rings. The Hall–Kier alpha value is -3.08. The van der Waals surface area contributed by atoms with Crippen molar-refractivity contribution in [1.29, 1.82) is 0 Å². The minimum Gasteiger partial charge on any atom is -0.508 e. The van der Waals surface area contributed by atoms with E-state index in [4.69, 9.17) is 23.7 Å². The molecule has 1 saturated heterocycles. The monoisotopic (exact) mass is 624 g/mol. The van der Waals surface area contributed by atoms with Crippen LogP contribution in [0.25, 0.3) is 6.08 Å². The van der Waals surface area contributed by atoms with Gasteiger partial charge in [-0.1, -0.05) is 26.0 Å². The molecule has 0 radical (unpaired) electrons. The SMILES string of the molecule is CC(C)CC(=O)O[C@H]1OC=C(CO[C@H]2O[C@@H](CO)[C@H](O)[C@@H](O)[C@@H]2O)[C@@H]2C[C@@H](OC(=O)/C=C\c3ccc(O)cc3)[C@@](O)(CO)[C@H]12. The van der Waals surface area contributed by atoms with Crippen LogP contribution in [0.4, 0.5) is 0 Å². The minimum atomic E-state index is -2.11. The number of fused-ring (bicyclic) bond motifs is 1. The Labute approximate surface area is 253 Å². The molecule has 0 unspecified atom stereocenters. The second kappa shape index (κ2) is 14.3. The van der Waals surface area contributed by atoms with Crippen molar-refractivity contribution in [3.63, 3.8) is 0 Å². The van der Waals surface area contributed by atoms with Gasteiger partial charge in [0.25, 0.3) is 0 Å². The summed E-state index contributed by atoms with van der Waals surface area (Å²) >= 11 is 0. The second-order valence-electron chi connectivity index (χ2n) is 11.7. The summed E-state index contributed by atoms with van der Waals surface area (Å²) in [5.74, 6) is -3.24. The molecule has 14 heteroatoms. The van der Waals surface area contributed by atoms with Crippen molar-refractivity contribution >= 4 is 18.0 Å². The molecule has 7 N–H and O–H groups in total. The Balaban J connectivity index is 1.54. The molecule has 10 atom stereocenters. The molecule has 0 spiro atoms. The highest BCUT2D eigenvalue weighted by atomic mass is 16.7. The number of carbonyl (C=O) groups excluding carboxylic acids is 2. The zero-order valence-corrected chi connectivity index (χ0v) is 24.3. The van der Waals surface area contributed by atoms with E-state index < -0.39 is 85.7 Å². The van der Waals surface area contributed by atoms with E-state index >= 15 is 0 Å². The smallest absolute Gasteiger partial charge is 0.331 e. The van der Waals surface area contributed by atoms with Gasteiger partial charge in [0.1, 0.15) is 41.9 Å². The van der Waals surface area contributed by atoms with Gasteiger partial charge in [-0.15, -0.1) is 0 Å². The third kappa shape index (κ3) is 7.41. The highest BCUT2D eigenvalue weighted by Gasteiger charge is 2.62. The molecular formula is C30H40O14. The van der Waals surface area contributed by atoms with Crippen LogP contribution in [0.1, 0.15) is 32.3 Å². The zero-order valence-electron chi connectivity index (χ0n) is 24.3. The van der Waals surface area contributed by atoms with E-state index in [1.807, 2.05) is 13.8 Å². The number of benzene rings is 1. The minimum absolute atomic E-state index is 0.0331. The number of phenols is 1. The fraction of sp³-hybridized carbons (Fsp3) is 0.600. The molecule has 1 aromatic rings. The number of phenolic OH excluding ortho intramolecular Hbond substituents is 1. The average molecular weight is 625 g/mol. The molecule has 1 aliphatic carbocycles. The summed E-state index contributed by atoms with van der Waals surface area (Å²) in [5.41, 5.74) is -1.15. The van der Waals surface area contributed by atoms with Crippen LogP contribution in [0.5, 0.6) is 5.75 Å². The van der Waals surface area contributed by atoms with E-state index in [0.29, 0.717) is 11.1 Å². The van der Waals surface area contributed by atoms with Crippen molar-refractivity contribution in [2.75, 3.05) is 19.8 Å². The van der Waals surface area contributed by atoms with E-state index in [2.05, 4.69) is 0 Å². The molecule has 3 aliphatic rings. The molecule has 0 aromatic heterocycles. The normalized spacial score (nSPS) is 35.2. The van der Waals surface area contributed by atoms with Crippen LogP contribution in [0.15, 0.2) is 42.2 Å². The predicted octanol–water partition coefficient (Wildman–Crippen LogP) is -0.677. The lowest BCUT2D eigenvalue weighted by Crippen LogP contribution is -2.59. The standard InChI is InChI=1S/C30H40O14/c1-15(2)9-23(35)44-28-24-19(17(12-40-28)13-41-29-27(38)26(37)25(36)20(11-31)42-29)10-21(30(24,39)14-32)43-22(34)8-5-16-3-6-18(33)7-4-16/h3-8,12,15,19-21,24-29,31-33,36-39H,9-11,13-14H2,1-2H3/b8-5-/t19-,20-,21+,24-,25-,26+,27-,28+,29-,30-/m0/s1. The summed E-state index contributed by atoms with van der Waals surface area (Å²) in [6, 6.07) is 6.04. The highest BCUT2D eigenvalue weighted by Crippen LogP contribution is 2.50. The molecule has 4 rings (SSSR count). The van der Waals surface area contributed by atoms with E-state index in [1.165, 1.54) is 24.5 Å². The Bertz CT molecular complexity index is 1200. The first-order chi connectivity index (χ1) is 20.9. The molecule has 0 bridgehead atoms. The van der Waals surface area contributed by atoms with Crippen LogP contribution >= 0.6 is 0 Å². The summed E-state index contributed by atoms with van der Waals surface area (Å²) in [6.07, 6.45) is -6.33. The van der Waals surface area contributed by atoms with Crippen molar-refractivity contribution in [1.82, 2.24) is 0 Å². The van der Waals surface area contributed by atoms with Gasteiger partial charge in [0.15, 0.2) is 6.29 Å². The number of aliphatic hydroxyl groups is 6. The Kier molecular flexibility index (Phi) is 11.0. The maximum absolute atomic E-state index is 12.8. The van der Waals surface area contributed by atoms with Gasteiger partial charge in [-0.2, -0.15) is 0 Å². The first-order valence-electron chi connectivity index (χ1n) is 14.3. The van der Waals surface area contributed by atoms with E-state index in [-0.39, 0.29) is 31.1 Å². The summed E-state index contributed by atoms with van der Waals surface area (Å²) in [4.78, 5) is 25.3. The van der Waals surface area contributed by atoms with Crippen LogP contribution in [0.2, 0.25) is 0 Å². The molecule has 1 aromatic carbocycles. The first-order valence-corrected chi connectivity index (χ1v) is 14.3. The quantitative estimate of drug-likeness (QED) is 0.120. The van der Waals surface area contributed by atoms with Crippen LogP contribution in [0.3, 0.4) is 0 Å². The maximum Gasteiger partial charge on any atom is 0.331 e. The predicted molar refractivity (Wildman–Crippen MR) is 149 cm³/mol. The lowest BCUT2D eigenvalue weighted by Gasteiger charge is -2.41. The maximum atomic E-state index is 12.8. The first kappa shape index (κ1) is 33.8. The summed E-state index contributed by atoms with van der Waals surface area (Å²) in [6.45, 7) is 1.81. The molecule has 14 nitrogen and oxygen atoms in total. The number of hydrogen-bond donors (Lipinski definition) is 7. The number of esters is 2. The molecule has 1 saturated carbocycles. The Morgan fingerprint density at radius 2 is 1.75 bits per heavy atom. The van der Waals surface area contributed by atoms with Gasteiger partial charge < -0.3 is 59.4 Å². The van der Waals surface area contributed by atoms with Crippen molar-refractivity contribution in [2.24, 2.45) is 17.8 Å². The van der Waals surface area contributed by atoms with Gasteiger partial charge in [0.05, 0.1) is 32.0 Å². The van der Waals surface area contributed by atoms with Crippen molar-refractivity contribution in [3.05, 3.63) is 47.7 Å². The average Bonchev–Trinajstić information content (AvgIpc) is 3.28. The number of aliphatic hydroxyl groups excluding tert-OH is 5. The number of ether oxygens (including phenoxy) is 5. The fourth-order valence-corrected chi connectivity index (χ4v) is 5.70. The van der Waals surface area contributed by atoms with Crippen LogP contribution < -0.4 is 0 Å². The molecule has 2 aliphatic heterocycles. The largest absolute Gasteiger partial charge is 0.508 e. The number of carbonyl (C=O) groups is 2. The van der Waals surface area contributed by atoms with Gasteiger partial charge in [-0.3, -0.25) is 4.79 Å². The van der Waals surface area contributed by atoms with Gasteiger partial charge in [0, 0.05) is 18.4 Å². The fourth-order valence-electron chi connectivity index (χ4n) is 5.70. The third-order valence-corrected chi connectivity index (χ3v) is 8.06. The van der Waals surface area contributed by atoms with Crippen molar-refractivity contribution < 1.29 is 69.0 Å².